The van der Waals surface area contributed by atoms with E-state index >= 15 is 0 Å². The highest BCUT2D eigenvalue weighted by Crippen LogP contribution is 2.07. The Morgan fingerprint density at radius 3 is 2.57 bits per heavy atom. The summed E-state index contributed by atoms with van der Waals surface area (Å²) in [5.74, 6) is -0.386. The standard InChI is InChI=1S/C16H25N3O2/c1-5-19(4)11-15-8-6-7-14(9-15)10-17-16(21)12(2)18-13(3)20/h6-9,12H,5,10-11H2,1-4H3,(H,17,21)(H,18,20). The molecule has 2 N–H and O–H groups in total. The second kappa shape index (κ2) is 8.42. The number of hydrogen-bond acceptors (Lipinski definition) is 3. The molecule has 1 aromatic rings. The summed E-state index contributed by atoms with van der Waals surface area (Å²) in [4.78, 5) is 25.0. The molecule has 0 saturated carbocycles. The van der Waals surface area contributed by atoms with Crippen molar-refractivity contribution in [2.45, 2.75) is 39.9 Å². The Morgan fingerprint density at radius 2 is 1.95 bits per heavy atom. The Bertz CT molecular complexity index is 488. The van der Waals surface area contributed by atoms with E-state index in [2.05, 4.69) is 41.6 Å². The van der Waals surface area contributed by atoms with Crippen LogP contribution in [0.1, 0.15) is 31.9 Å². The van der Waals surface area contributed by atoms with Gasteiger partial charge in [-0.2, -0.15) is 0 Å². The highest BCUT2D eigenvalue weighted by molar-refractivity contribution is 5.86. The molecule has 0 aliphatic rings. The van der Waals surface area contributed by atoms with Crippen LogP contribution < -0.4 is 10.6 Å². The summed E-state index contributed by atoms with van der Waals surface area (Å²) in [6.45, 7) is 7.54. The van der Waals surface area contributed by atoms with Crippen molar-refractivity contribution in [1.29, 1.82) is 0 Å². The Labute approximate surface area is 126 Å². The maximum Gasteiger partial charge on any atom is 0.242 e. The summed E-state index contributed by atoms with van der Waals surface area (Å²) < 4.78 is 0. The number of benzene rings is 1. The monoisotopic (exact) mass is 291 g/mol. The first-order chi connectivity index (χ1) is 9.92. The van der Waals surface area contributed by atoms with E-state index in [4.69, 9.17) is 0 Å². The summed E-state index contributed by atoms with van der Waals surface area (Å²) in [6.07, 6.45) is 0. The molecule has 116 valence electrons. The van der Waals surface area contributed by atoms with Gasteiger partial charge in [0, 0.05) is 20.0 Å². The first-order valence-corrected chi connectivity index (χ1v) is 7.23. The largest absolute Gasteiger partial charge is 0.350 e. The number of rotatable bonds is 7. The van der Waals surface area contributed by atoms with E-state index in [0.29, 0.717) is 6.54 Å². The minimum atomic E-state index is -0.517. The molecule has 2 amide bonds. The number of carbonyl (C=O) groups is 2. The van der Waals surface area contributed by atoms with Crippen molar-refractivity contribution >= 4 is 11.8 Å². The Hall–Kier alpha value is -1.88. The van der Waals surface area contributed by atoms with E-state index in [0.717, 1.165) is 18.7 Å². The van der Waals surface area contributed by atoms with Crippen molar-refractivity contribution in [3.8, 4) is 0 Å². The SMILES string of the molecule is CCN(C)Cc1cccc(CNC(=O)C(C)NC(C)=O)c1. The van der Waals surface area contributed by atoms with Crippen molar-refractivity contribution in [2.24, 2.45) is 0 Å². The van der Waals surface area contributed by atoms with Gasteiger partial charge < -0.3 is 15.5 Å². The molecule has 0 aliphatic heterocycles. The zero-order valence-corrected chi connectivity index (χ0v) is 13.3. The van der Waals surface area contributed by atoms with Crippen LogP contribution in [0.5, 0.6) is 0 Å². The predicted molar refractivity (Wildman–Crippen MR) is 83.6 cm³/mol. The molecule has 0 aromatic heterocycles. The van der Waals surface area contributed by atoms with Gasteiger partial charge in [-0.25, -0.2) is 0 Å². The Kier molecular flexibility index (Phi) is 6.88. The smallest absolute Gasteiger partial charge is 0.242 e. The van der Waals surface area contributed by atoms with Crippen molar-refractivity contribution < 1.29 is 9.59 Å². The summed E-state index contributed by atoms with van der Waals surface area (Å²) >= 11 is 0. The quantitative estimate of drug-likeness (QED) is 0.795. The molecule has 21 heavy (non-hydrogen) atoms. The Balaban J connectivity index is 2.53. The highest BCUT2D eigenvalue weighted by Gasteiger charge is 2.12. The molecule has 0 aliphatic carbocycles. The van der Waals surface area contributed by atoms with Gasteiger partial charge in [0.05, 0.1) is 0 Å². The number of nitrogens with one attached hydrogen (secondary N) is 2. The van der Waals surface area contributed by atoms with Gasteiger partial charge in [0.1, 0.15) is 6.04 Å². The lowest BCUT2D eigenvalue weighted by Crippen LogP contribution is -2.43. The average Bonchev–Trinajstić information content (AvgIpc) is 2.44. The van der Waals surface area contributed by atoms with E-state index in [9.17, 15) is 9.59 Å². The van der Waals surface area contributed by atoms with Crippen molar-refractivity contribution in [2.75, 3.05) is 13.6 Å². The highest BCUT2D eigenvalue weighted by atomic mass is 16.2. The number of amides is 2. The molecule has 1 atom stereocenters. The van der Waals surface area contributed by atoms with Gasteiger partial charge in [-0.15, -0.1) is 0 Å². The van der Waals surface area contributed by atoms with Crippen LogP contribution in [0.15, 0.2) is 24.3 Å². The zero-order valence-electron chi connectivity index (χ0n) is 13.3. The van der Waals surface area contributed by atoms with E-state index in [1.54, 1.807) is 6.92 Å². The molecular formula is C16H25N3O2. The van der Waals surface area contributed by atoms with Crippen LogP contribution in [0.25, 0.3) is 0 Å². The maximum absolute atomic E-state index is 11.8. The van der Waals surface area contributed by atoms with E-state index in [1.807, 2.05) is 12.1 Å². The second-order valence-corrected chi connectivity index (χ2v) is 5.29. The van der Waals surface area contributed by atoms with Crippen LogP contribution in [0, 0.1) is 0 Å². The number of carbonyl (C=O) groups excluding carboxylic acids is 2. The number of nitrogens with zero attached hydrogens (tertiary/aromatic N) is 1. The first kappa shape index (κ1) is 17.2. The summed E-state index contributed by atoms with van der Waals surface area (Å²) in [7, 11) is 2.07. The molecule has 0 fully saturated rings. The fourth-order valence-corrected chi connectivity index (χ4v) is 1.97. The zero-order chi connectivity index (χ0) is 15.8. The average molecular weight is 291 g/mol. The molecule has 1 unspecified atom stereocenters. The van der Waals surface area contributed by atoms with Crippen LogP contribution in [0.3, 0.4) is 0 Å². The summed E-state index contributed by atoms with van der Waals surface area (Å²) in [6, 6.07) is 7.64. The third-order valence-electron chi connectivity index (χ3n) is 3.26. The third kappa shape index (κ3) is 6.40. The number of hydrogen-bond donors (Lipinski definition) is 2. The molecule has 0 saturated heterocycles. The van der Waals surface area contributed by atoms with Gasteiger partial charge in [0.25, 0.3) is 0 Å². The molecule has 5 heteroatoms. The predicted octanol–water partition coefficient (Wildman–Crippen LogP) is 1.28. The van der Waals surface area contributed by atoms with Crippen LogP contribution in [-0.2, 0) is 22.7 Å². The molecule has 1 rings (SSSR count). The van der Waals surface area contributed by atoms with E-state index < -0.39 is 6.04 Å². The fraction of sp³-hybridized carbons (Fsp3) is 0.500. The molecule has 1 aromatic carbocycles. The van der Waals surface area contributed by atoms with Gasteiger partial charge in [0.2, 0.25) is 11.8 Å². The molecule has 5 nitrogen and oxygen atoms in total. The van der Waals surface area contributed by atoms with Gasteiger partial charge in [-0.05, 0) is 31.6 Å². The fourth-order valence-electron chi connectivity index (χ4n) is 1.97. The van der Waals surface area contributed by atoms with Gasteiger partial charge >= 0.3 is 0 Å². The van der Waals surface area contributed by atoms with E-state index in [1.165, 1.54) is 12.5 Å². The molecule has 0 heterocycles. The lowest BCUT2D eigenvalue weighted by atomic mass is 10.1. The van der Waals surface area contributed by atoms with Crippen molar-refractivity contribution in [3.05, 3.63) is 35.4 Å². The van der Waals surface area contributed by atoms with Gasteiger partial charge in [-0.1, -0.05) is 31.2 Å². The minimum absolute atomic E-state index is 0.179. The Morgan fingerprint density at radius 1 is 1.29 bits per heavy atom. The van der Waals surface area contributed by atoms with Gasteiger partial charge in [-0.3, -0.25) is 9.59 Å². The molecular weight excluding hydrogens is 266 g/mol. The maximum atomic E-state index is 11.8. The van der Waals surface area contributed by atoms with Crippen LogP contribution >= 0.6 is 0 Å². The molecule has 0 spiro atoms. The van der Waals surface area contributed by atoms with Crippen molar-refractivity contribution in [3.63, 3.8) is 0 Å². The summed E-state index contributed by atoms with van der Waals surface area (Å²) in [5.41, 5.74) is 2.28. The molecule has 0 radical (unpaired) electrons. The van der Waals surface area contributed by atoms with Crippen LogP contribution in [-0.4, -0.2) is 36.3 Å². The van der Waals surface area contributed by atoms with E-state index in [-0.39, 0.29) is 11.8 Å². The van der Waals surface area contributed by atoms with Crippen molar-refractivity contribution in [1.82, 2.24) is 15.5 Å². The lowest BCUT2D eigenvalue weighted by Gasteiger charge is -2.15. The normalized spacial score (nSPS) is 12.0. The van der Waals surface area contributed by atoms with Gasteiger partial charge in [0.15, 0.2) is 0 Å². The third-order valence-corrected chi connectivity index (χ3v) is 3.26. The minimum Gasteiger partial charge on any atom is -0.350 e. The van der Waals surface area contributed by atoms with Crippen LogP contribution in [0.2, 0.25) is 0 Å². The lowest BCUT2D eigenvalue weighted by molar-refractivity contribution is -0.127. The van der Waals surface area contributed by atoms with Crippen LogP contribution in [0.4, 0.5) is 0 Å². The molecule has 0 bridgehead atoms. The first-order valence-electron chi connectivity index (χ1n) is 7.23. The topological polar surface area (TPSA) is 61.4 Å². The second-order valence-electron chi connectivity index (χ2n) is 5.29. The summed E-state index contributed by atoms with van der Waals surface area (Å²) in [5, 5.41) is 5.40.